The molecule has 0 radical (unpaired) electrons. The summed E-state index contributed by atoms with van der Waals surface area (Å²) in [5.41, 5.74) is 2.01. The Morgan fingerprint density at radius 3 is 2.54 bits per heavy atom. The molecule has 1 aromatic carbocycles. The van der Waals surface area contributed by atoms with Crippen molar-refractivity contribution in [2.75, 3.05) is 6.54 Å². The Hall–Kier alpha value is -2.52. The molecule has 28 heavy (non-hydrogen) atoms. The number of halogens is 1. The van der Waals surface area contributed by atoms with E-state index in [9.17, 15) is 12.8 Å². The van der Waals surface area contributed by atoms with Gasteiger partial charge in [-0.05, 0) is 44.0 Å². The van der Waals surface area contributed by atoms with Crippen LogP contribution in [0.1, 0.15) is 36.6 Å². The van der Waals surface area contributed by atoms with E-state index in [1.54, 1.807) is 34.2 Å². The van der Waals surface area contributed by atoms with Crippen molar-refractivity contribution in [1.82, 2.24) is 23.9 Å². The highest BCUT2D eigenvalue weighted by Crippen LogP contribution is 2.36. The lowest BCUT2D eigenvalue weighted by atomic mass is 10.0. The minimum Gasteiger partial charge on any atom is -0.275 e. The average Bonchev–Trinajstić information content (AvgIpc) is 3.29. The van der Waals surface area contributed by atoms with Gasteiger partial charge in [0.05, 0.1) is 29.8 Å². The van der Waals surface area contributed by atoms with E-state index in [-0.39, 0.29) is 16.8 Å². The van der Waals surface area contributed by atoms with Gasteiger partial charge in [0.25, 0.3) is 0 Å². The van der Waals surface area contributed by atoms with Crippen LogP contribution in [0, 0.1) is 12.7 Å². The zero-order chi connectivity index (χ0) is 19.9. The van der Waals surface area contributed by atoms with Gasteiger partial charge < -0.3 is 0 Å². The van der Waals surface area contributed by atoms with E-state index in [1.807, 2.05) is 13.2 Å². The van der Waals surface area contributed by atoms with Crippen LogP contribution in [0.15, 0.2) is 47.8 Å². The van der Waals surface area contributed by atoms with Gasteiger partial charge in [0.2, 0.25) is 10.0 Å². The Morgan fingerprint density at radius 1 is 1.11 bits per heavy atom. The Morgan fingerprint density at radius 2 is 1.86 bits per heavy atom. The van der Waals surface area contributed by atoms with E-state index in [2.05, 4.69) is 10.2 Å². The number of rotatable bonds is 4. The molecule has 2 aromatic heterocycles. The minimum atomic E-state index is -3.74. The number of sulfonamides is 1. The van der Waals surface area contributed by atoms with Crippen molar-refractivity contribution in [3.8, 4) is 5.69 Å². The van der Waals surface area contributed by atoms with Crippen molar-refractivity contribution in [3.05, 3.63) is 59.9 Å². The molecule has 0 amide bonds. The van der Waals surface area contributed by atoms with Gasteiger partial charge in [-0.2, -0.15) is 14.5 Å². The third kappa shape index (κ3) is 3.24. The normalized spacial score (nSPS) is 18.5. The van der Waals surface area contributed by atoms with Gasteiger partial charge in [-0.25, -0.2) is 17.5 Å². The molecule has 0 spiro atoms. The highest BCUT2D eigenvalue weighted by molar-refractivity contribution is 7.89. The first-order valence-corrected chi connectivity index (χ1v) is 10.6. The van der Waals surface area contributed by atoms with Crippen molar-refractivity contribution in [3.63, 3.8) is 0 Å². The molecule has 3 heterocycles. The first kappa shape index (κ1) is 18.8. The number of piperidine rings is 1. The van der Waals surface area contributed by atoms with Gasteiger partial charge in [-0.15, -0.1) is 0 Å². The standard InChI is InChI=1S/C19H22FN5O2S/c1-14-19(12-22-25(14)17-8-6-16(20)7-9-17)28(26,27)24-10-4-3-5-18(24)15-11-21-23(2)13-15/h6-9,11-13,18H,3-5,10H2,1-2H3. The van der Waals surface area contributed by atoms with Crippen LogP contribution in [0.3, 0.4) is 0 Å². The lowest BCUT2D eigenvalue weighted by molar-refractivity contribution is 0.256. The fourth-order valence-corrected chi connectivity index (χ4v) is 5.58. The molecule has 1 saturated heterocycles. The maximum Gasteiger partial charge on any atom is 0.247 e. The molecular formula is C19H22FN5O2S. The SMILES string of the molecule is Cc1c(S(=O)(=O)N2CCCCC2c2cnn(C)c2)cnn1-c1ccc(F)cc1. The Balaban J connectivity index is 1.72. The van der Waals surface area contributed by atoms with Crippen LogP contribution in [0.4, 0.5) is 4.39 Å². The van der Waals surface area contributed by atoms with E-state index in [4.69, 9.17) is 0 Å². The second kappa shape index (κ2) is 7.14. The Bertz CT molecular complexity index is 1090. The highest BCUT2D eigenvalue weighted by Gasteiger charge is 2.37. The van der Waals surface area contributed by atoms with E-state index in [1.165, 1.54) is 23.0 Å². The summed E-state index contributed by atoms with van der Waals surface area (Å²) in [5, 5.41) is 8.45. The lowest BCUT2D eigenvalue weighted by Gasteiger charge is -2.34. The van der Waals surface area contributed by atoms with Gasteiger partial charge in [0.1, 0.15) is 10.7 Å². The summed E-state index contributed by atoms with van der Waals surface area (Å²) >= 11 is 0. The van der Waals surface area contributed by atoms with E-state index in [0.717, 1.165) is 24.8 Å². The molecule has 9 heteroatoms. The molecule has 1 atom stereocenters. The van der Waals surface area contributed by atoms with Crippen LogP contribution in [0.2, 0.25) is 0 Å². The summed E-state index contributed by atoms with van der Waals surface area (Å²) in [6.07, 6.45) is 7.53. The lowest BCUT2D eigenvalue weighted by Crippen LogP contribution is -2.38. The monoisotopic (exact) mass is 403 g/mol. The molecule has 0 bridgehead atoms. The quantitative estimate of drug-likeness (QED) is 0.671. The molecule has 0 saturated carbocycles. The van der Waals surface area contributed by atoms with Crippen molar-refractivity contribution in [2.45, 2.75) is 37.1 Å². The molecule has 1 aliphatic rings. The predicted octanol–water partition coefficient (Wildman–Crippen LogP) is 2.97. The summed E-state index contributed by atoms with van der Waals surface area (Å²) in [7, 11) is -1.92. The van der Waals surface area contributed by atoms with Crippen molar-refractivity contribution in [1.29, 1.82) is 0 Å². The molecule has 1 aliphatic heterocycles. The third-order valence-corrected chi connectivity index (χ3v) is 7.20. The van der Waals surface area contributed by atoms with Crippen LogP contribution < -0.4 is 0 Å². The summed E-state index contributed by atoms with van der Waals surface area (Å²) < 4.78 is 44.9. The second-order valence-electron chi connectivity index (χ2n) is 7.06. The molecule has 4 rings (SSSR count). The van der Waals surface area contributed by atoms with Crippen LogP contribution in [-0.2, 0) is 17.1 Å². The van der Waals surface area contributed by atoms with Crippen molar-refractivity contribution in [2.24, 2.45) is 7.05 Å². The highest BCUT2D eigenvalue weighted by atomic mass is 32.2. The zero-order valence-electron chi connectivity index (χ0n) is 15.8. The van der Waals surface area contributed by atoms with Gasteiger partial charge in [0, 0.05) is 25.4 Å². The smallest absolute Gasteiger partial charge is 0.247 e. The summed E-state index contributed by atoms with van der Waals surface area (Å²) in [5.74, 6) is -0.353. The fraction of sp³-hybridized carbons (Fsp3) is 0.368. The van der Waals surface area contributed by atoms with Gasteiger partial charge >= 0.3 is 0 Å². The van der Waals surface area contributed by atoms with Crippen molar-refractivity contribution >= 4 is 10.0 Å². The molecule has 7 nitrogen and oxygen atoms in total. The van der Waals surface area contributed by atoms with E-state index >= 15 is 0 Å². The molecular weight excluding hydrogens is 381 g/mol. The third-order valence-electron chi connectivity index (χ3n) is 5.19. The summed E-state index contributed by atoms with van der Waals surface area (Å²) in [4.78, 5) is 0.174. The molecule has 0 aliphatic carbocycles. The Labute approximate surface area is 163 Å². The number of aryl methyl sites for hydroxylation is 1. The van der Waals surface area contributed by atoms with E-state index < -0.39 is 10.0 Å². The van der Waals surface area contributed by atoms with Crippen molar-refractivity contribution < 1.29 is 12.8 Å². The molecule has 1 fully saturated rings. The number of hydrogen-bond donors (Lipinski definition) is 0. The average molecular weight is 403 g/mol. The minimum absolute atomic E-state index is 0.174. The number of hydrogen-bond acceptors (Lipinski definition) is 4. The molecule has 3 aromatic rings. The Kier molecular flexibility index (Phi) is 4.80. The topological polar surface area (TPSA) is 73.0 Å². The van der Waals surface area contributed by atoms with E-state index in [0.29, 0.717) is 17.9 Å². The second-order valence-corrected chi connectivity index (χ2v) is 8.92. The first-order valence-electron chi connectivity index (χ1n) is 9.19. The molecule has 1 unspecified atom stereocenters. The number of benzene rings is 1. The van der Waals surface area contributed by atoms with Gasteiger partial charge in [-0.3, -0.25) is 4.68 Å². The first-order chi connectivity index (χ1) is 13.4. The molecule has 0 N–H and O–H groups in total. The molecule has 148 valence electrons. The maximum atomic E-state index is 13.5. The van der Waals surface area contributed by atoms with Crippen LogP contribution in [-0.4, -0.2) is 38.8 Å². The van der Waals surface area contributed by atoms with Crippen LogP contribution in [0.5, 0.6) is 0 Å². The largest absolute Gasteiger partial charge is 0.275 e. The van der Waals surface area contributed by atoms with Crippen LogP contribution >= 0.6 is 0 Å². The number of nitrogens with zero attached hydrogens (tertiary/aromatic N) is 5. The zero-order valence-corrected chi connectivity index (χ0v) is 16.6. The maximum absolute atomic E-state index is 13.5. The van der Waals surface area contributed by atoms with Gasteiger partial charge in [0.15, 0.2) is 0 Å². The summed E-state index contributed by atoms with van der Waals surface area (Å²) in [6.45, 7) is 2.18. The van der Waals surface area contributed by atoms with Crippen LogP contribution in [0.25, 0.3) is 5.69 Å². The van der Waals surface area contributed by atoms with Gasteiger partial charge in [-0.1, -0.05) is 6.42 Å². The summed E-state index contributed by atoms with van der Waals surface area (Å²) in [6, 6.07) is 5.57. The fourth-order valence-electron chi connectivity index (χ4n) is 3.75. The predicted molar refractivity (Wildman–Crippen MR) is 102 cm³/mol. The number of aromatic nitrogens is 4.